The Kier molecular flexibility index (Phi) is 3.29. The number of aromatic nitrogens is 1. The van der Waals surface area contributed by atoms with Gasteiger partial charge in [-0.2, -0.15) is 0 Å². The fourth-order valence-corrected chi connectivity index (χ4v) is 1.22. The molecule has 0 radical (unpaired) electrons. The molecule has 0 aromatic carbocycles. The van der Waals surface area contributed by atoms with Crippen molar-refractivity contribution in [3.8, 4) is 0 Å². The minimum absolute atomic E-state index is 0.603. The lowest BCUT2D eigenvalue weighted by molar-refractivity contribution is 0.111. The number of hydrogen-bond donors (Lipinski definition) is 0. The summed E-state index contributed by atoms with van der Waals surface area (Å²) in [6.45, 7) is 7.54. The average molecular weight is 179 g/mol. The molecule has 0 saturated carbocycles. The van der Waals surface area contributed by atoms with Crippen LogP contribution in [0.15, 0.2) is 18.3 Å². The Morgan fingerprint density at radius 3 is 2.69 bits per heavy atom. The van der Waals surface area contributed by atoms with Crippen LogP contribution in [0.1, 0.15) is 31.3 Å². The monoisotopic (exact) mass is 179 g/mol. The maximum absolute atomic E-state index is 10.6. The molecule has 1 unspecified atom stereocenters. The fourth-order valence-electron chi connectivity index (χ4n) is 1.22. The van der Waals surface area contributed by atoms with Crippen molar-refractivity contribution in [3.63, 3.8) is 0 Å². The summed E-state index contributed by atoms with van der Waals surface area (Å²) in [6.07, 6.45) is 2.87. The zero-order valence-electron chi connectivity index (χ0n) is 8.53. The molecular formula is C11H17NO. The highest BCUT2D eigenvalue weighted by molar-refractivity contribution is 5.72. The molecule has 1 aromatic heterocycles. The molecule has 1 heterocycles. The van der Waals surface area contributed by atoms with Crippen molar-refractivity contribution in [3.05, 3.63) is 24.0 Å². The lowest BCUT2D eigenvalue weighted by Gasteiger charge is -2.16. The van der Waals surface area contributed by atoms with Crippen LogP contribution < -0.4 is 0 Å². The van der Waals surface area contributed by atoms with E-state index in [1.165, 1.54) is 0 Å². The summed E-state index contributed by atoms with van der Waals surface area (Å²) >= 11 is 0. The number of hydrogen-bond acceptors (Lipinski definition) is 1. The number of rotatable bonds is 4. The van der Waals surface area contributed by atoms with Gasteiger partial charge >= 0.3 is 0 Å². The van der Waals surface area contributed by atoms with Crippen LogP contribution in [0.3, 0.4) is 0 Å². The Balaban J connectivity index is 2.68. The maximum atomic E-state index is 10.6. The molecular weight excluding hydrogens is 162 g/mol. The minimum atomic E-state index is 0.603. The molecule has 0 N–H and O–H groups in total. The van der Waals surface area contributed by atoms with Gasteiger partial charge in [0.15, 0.2) is 6.29 Å². The van der Waals surface area contributed by atoms with Gasteiger partial charge in [0.2, 0.25) is 0 Å². The predicted octanol–water partition coefficient (Wildman–Crippen LogP) is 2.59. The van der Waals surface area contributed by atoms with E-state index in [-0.39, 0.29) is 0 Å². The molecule has 0 saturated heterocycles. The van der Waals surface area contributed by atoms with E-state index in [1.54, 1.807) is 0 Å². The first-order chi connectivity index (χ1) is 6.15. The normalized spacial score (nSPS) is 13.2. The molecule has 0 amide bonds. The van der Waals surface area contributed by atoms with Crippen molar-refractivity contribution in [1.82, 2.24) is 4.57 Å². The summed E-state index contributed by atoms with van der Waals surface area (Å²) < 4.78 is 2.01. The highest BCUT2D eigenvalue weighted by atomic mass is 16.1. The predicted molar refractivity (Wildman–Crippen MR) is 53.8 cm³/mol. The Morgan fingerprint density at radius 1 is 1.46 bits per heavy atom. The molecule has 72 valence electrons. The standard InChI is InChI=1S/C11H17NO/c1-9(2)10(3)7-12-6-4-5-11(12)8-13/h4-6,8-10H,7H2,1-3H3. The summed E-state index contributed by atoms with van der Waals surface area (Å²) in [5, 5.41) is 0. The second kappa shape index (κ2) is 4.26. The third-order valence-electron chi connectivity index (χ3n) is 2.61. The largest absolute Gasteiger partial charge is 0.345 e. The molecule has 0 bridgehead atoms. The van der Waals surface area contributed by atoms with Crippen LogP contribution >= 0.6 is 0 Å². The topological polar surface area (TPSA) is 22.0 Å². The number of aldehydes is 1. The summed E-state index contributed by atoms with van der Waals surface area (Å²) in [5.41, 5.74) is 0.771. The molecule has 0 spiro atoms. The van der Waals surface area contributed by atoms with Gasteiger partial charge in [0.1, 0.15) is 0 Å². The zero-order chi connectivity index (χ0) is 9.84. The summed E-state index contributed by atoms with van der Waals surface area (Å²) in [4.78, 5) is 10.6. The first-order valence-corrected chi connectivity index (χ1v) is 4.75. The van der Waals surface area contributed by atoms with Gasteiger partial charge in [-0.1, -0.05) is 20.8 Å². The second-order valence-corrected chi connectivity index (χ2v) is 3.92. The van der Waals surface area contributed by atoms with E-state index in [0.29, 0.717) is 11.8 Å². The van der Waals surface area contributed by atoms with E-state index < -0.39 is 0 Å². The van der Waals surface area contributed by atoms with Crippen molar-refractivity contribution in [2.45, 2.75) is 27.3 Å². The first kappa shape index (κ1) is 10.0. The lowest BCUT2D eigenvalue weighted by atomic mass is 9.98. The molecule has 0 fully saturated rings. The number of carbonyl (C=O) groups excluding carboxylic acids is 1. The molecule has 13 heavy (non-hydrogen) atoms. The Bertz CT molecular complexity index is 275. The van der Waals surface area contributed by atoms with Crippen molar-refractivity contribution in [2.24, 2.45) is 11.8 Å². The quantitative estimate of drug-likeness (QED) is 0.651. The zero-order valence-corrected chi connectivity index (χ0v) is 8.53. The highest BCUT2D eigenvalue weighted by Gasteiger charge is 2.08. The highest BCUT2D eigenvalue weighted by Crippen LogP contribution is 2.13. The Hall–Kier alpha value is -1.05. The third kappa shape index (κ3) is 2.44. The second-order valence-electron chi connectivity index (χ2n) is 3.92. The summed E-state index contributed by atoms with van der Waals surface area (Å²) in [5.74, 6) is 1.26. The van der Waals surface area contributed by atoms with Crippen LogP contribution in [0.4, 0.5) is 0 Å². The molecule has 0 aliphatic rings. The minimum Gasteiger partial charge on any atom is -0.345 e. The van der Waals surface area contributed by atoms with E-state index in [1.807, 2.05) is 22.9 Å². The van der Waals surface area contributed by atoms with Gasteiger partial charge in [0.05, 0.1) is 5.69 Å². The fraction of sp³-hybridized carbons (Fsp3) is 0.545. The van der Waals surface area contributed by atoms with Crippen LogP contribution in [-0.2, 0) is 6.54 Å². The van der Waals surface area contributed by atoms with E-state index in [2.05, 4.69) is 20.8 Å². The molecule has 1 rings (SSSR count). The van der Waals surface area contributed by atoms with Gasteiger partial charge in [0, 0.05) is 12.7 Å². The molecule has 2 nitrogen and oxygen atoms in total. The molecule has 2 heteroatoms. The van der Waals surface area contributed by atoms with Crippen molar-refractivity contribution in [2.75, 3.05) is 0 Å². The van der Waals surface area contributed by atoms with Crippen molar-refractivity contribution in [1.29, 1.82) is 0 Å². The van der Waals surface area contributed by atoms with Crippen LogP contribution in [-0.4, -0.2) is 10.9 Å². The van der Waals surface area contributed by atoms with Crippen LogP contribution in [0.5, 0.6) is 0 Å². The summed E-state index contributed by atoms with van der Waals surface area (Å²) in [6, 6.07) is 3.76. The van der Waals surface area contributed by atoms with E-state index in [4.69, 9.17) is 0 Å². The van der Waals surface area contributed by atoms with E-state index in [0.717, 1.165) is 18.5 Å². The van der Waals surface area contributed by atoms with Gasteiger partial charge in [-0.3, -0.25) is 4.79 Å². The maximum Gasteiger partial charge on any atom is 0.166 e. The Morgan fingerprint density at radius 2 is 2.15 bits per heavy atom. The van der Waals surface area contributed by atoms with Gasteiger partial charge < -0.3 is 4.57 Å². The van der Waals surface area contributed by atoms with Gasteiger partial charge in [-0.05, 0) is 24.0 Å². The van der Waals surface area contributed by atoms with E-state index >= 15 is 0 Å². The molecule has 0 aliphatic carbocycles. The average Bonchev–Trinajstić information content (AvgIpc) is 2.51. The van der Waals surface area contributed by atoms with Gasteiger partial charge in [0.25, 0.3) is 0 Å². The molecule has 1 atom stereocenters. The van der Waals surface area contributed by atoms with Crippen LogP contribution in [0.2, 0.25) is 0 Å². The van der Waals surface area contributed by atoms with Gasteiger partial charge in [-0.25, -0.2) is 0 Å². The molecule has 0 aliphatic heterocycles. The third-order valence-corrected chi connectivity index (χ3v) is 2.61. The summed E-state index contributed by atoms with van der Waals surface area (Å²) in [7, 11) is 0. The smallest absolute Gasteiger partial charge is 0.166 e. The van der Waals surface area contributed by atoms with Crippen molar-refractivity contribution >= 4 is 6.29 Å². The van der Waals surface area contributed by atoms with Crippen LogP contribution in [0, 0.1) is 11.8 Å². The van der Waals surface area contributed by atoms with Gasteiger partial charge in [-0.15, -0.1) is 0 Å². The number of nitrogens with zero attached hydrogens (tertiary/aromatic N) is 1. The van der Waals surface area contributed by atoms with Crippen LogP contribution in [0.25, 0.3) is 0 Å². The lowest BCUT2D eigenvalue weighted by Crippen LogP contribution is -2.13. The van der Waals surface area contributed by atoms with E-state index in [9.17, 15) is 4.79 Å². The first-order valence-electron chi connectivity index (χ1n) is 4.75. The molecule has 1 aromatic rings. The number of carbonyl (C=O) groups is 1. The SMILES string of the molecule is CC(C)C(C)Cn1cccc1C=O. The van der Waals surface area contributed by atoms with Crippen molar-refractivity contribution < 1.29 is 4.79 Å². The Labute approximate surface area is 79.6 Å².